The number of benzene rings is 1. The number of amides is 1. The number of methoxy groups -OCH3 is 1. The minimum atomic E-state index is -0.502. The average Bonchev–Trinajstić information content (AvgIpc) is 2.26. The number of carbonyl (C=O) groups excluding carboxylic acids is 2. The lowest BCUT2D eigenvalue weighted by Gasteiger charge is -2.01. The van der Waals surface area contributed by atoms with Crippen molar-refractivity contribution in [2.45, 2.75) is 6.42 Å². The molecule has 0 saturated carbocycles. The van der Waals surface area contributed by atoms with Crippen LogP contribution in [0.25, 0.3) is 6.08 Å². The van der Waals surface area contributed by atoms with Gasteiger partial charge in [0.05, 0.1) is 13.5 Å². The normalized spacial score (nSPS) is 10.3. The summed E-state index contributed by atoms with van der Waals surface area (Å²) >= 11 is 0. The summed E-state index contributed by atoms with van der Waals surface area (Å²) in [6.07, 6.45) is 3.09. The van der Waals surface area contributed by atoms with Crippen molar-refractivity contribution in [3.05, 3.63) is 41.5 Å². The molecule has 0 saturated heterocycles. The smallest absolute Gasteiger partial charge is 0.309 e. The van der Waals surface area contributed by atoms with E-state index in [-0.39, 0.29) is 12.4 Å². The Morgan fingerprint density at radius 2 is 2.19 bits per heavy atom. The first-order valence-corrected chi connectivity index (χ1v) is 4.75. The third-order valence-electron chi connectivity index (χ3n) is 1.97. The Bertz CT molecular complexity index is 424. The van der Waals surface area contributed by atoms with Crippen LogP contribution in [-0.4, -0.2) is 19.0 Å². The SMILES string of the molecule is COC(=O)Cc1cccc(C=CC(N)=O)c1. The molecule has 16 heavy (non-hydrogen) atoms. The molecule has 0 heterocycles. The molecule has 4 nitrogen and oxygen atoms in total. The fraction of sp³-hybridized carbons (Fsp3) is 0.167. The predicted octanol–water partition coefficient (Wildman–Crippen LogP) is 0.901. The van der Waals surface area contributed by atoms with Crippen LogP contribution in [0.15, 0.2) is 30.3 Å². The molecule has 1 aromatic rings. The van der Waals surface area contributed by atoms with Crippen LogP contribution in [-0.2, 0) is 20.7 Å². The number of ether oxygens (including phenoxy) is 1. The van der Waals surface area contributed by atoms with Crippen molar-refractivity contribution in [1.29, 1.82) is 0 Å². The summed E-state index contributed by atoms with van der Waals surface area (Å²) in [7, 11) is 1.35. The van der Waals surface area contributed by atoms with Gasteiger partial charge in [-0.25, -0.2) is 0 Å². The van der Waals surface area contributed by atoms with Gasteiger partial charge in [-0.15, -0.1) is 0 Å². The number of hydrogen-bond acceptors (Lipinski definition) is 3. The molecule has 0 unspecified atom stereocenters. The zero-order valence-corrected chi connectivity index (χ0v) is 8.97. The summed E-state index contributed by atoms with van der Waals surface area (Å²) < 4.78 is 4.56. The maximum Gasteiger partial charge on any atom is 0.309 e. The molecule has 0 aliphatic rings. The molecule has 0 aliphatic carbocycles. The molecule has 2 N–H and O–H groups in total. The molecule has 0 fully saturated rings. The number of hydrogen-bond donors (Lipinski definition) is 1. The Kier molecular flexibility index (Phi) is 4.27. The molecule has 1 aromatic carbocycles. The summed E-state index contributed by atoms with van der Waals surface area (Å²) in [6.45, 7) is 0. The Morgan fingerprint density at radius 3 is 2.81 bits per heavy atom. The summed E-state index contributed by atoms with van der Waals surface area (Å²) in [5.74, 6) is -0.797. The number of esters is 1. The van der Waals surface area contributed by atoms with E-state index < -0.39 is 5.91 Å². The van der Waals surface area contributed by atoms with Crippen LogP contribution in [0.2, 0.25) is 0 Å². The van der Waals surface area contributed by atoms with Crippen LogP contribution in [0.3, 0.4) is 0 Å². The van der Waals surface area contributed by atoms with E-state index in [2.05, 4.69) is 4.74 Å². The highest BCUT2D eigenvalue weighted by Gasteiger charge is 2.02. The van der Waals surface area contributed by atoms with Gasteiger partial charge in [0.15, 0.2) is 0 Å². The second-order valence-electron chi connectivity index (χ2n) is 3.23. The highest BCUT2D eigenvalue weighted by atomic mass is 16.5. The van der Waals surface area contributed by atoms with Crippen LogP contribution >= 0.6 is 0 Å². The third kappa shape index (κ3) is 3.96. The van der Waals surface area contributed by atoms with Gasteiger partial charge in [0.2, 0.25) is 5.91 Å². The van der Waals surface area contributed by atoms with Crippen molar-refractivity contribution < 1.29 is 14.3 Å². The second kappa shape index (κ2) is 5.70. The first-order valence-electron chi connectivity index (χ1n) is 4.75. The topological polar surface area (TPSA) is 69.4 Å². The highest BCUT2D eigenvalue weighted by Crippen LogP contribution is 2.08. The summed E-state index contributed by atoms with van der Waals surface area (Å²) in [6, 6.07) is 7.24. The lowest BCUT2D eigenvalue weighted by Crippen LogP contribution is -2.05. The van der Waals surface area contributed by atoms with Gasteiger partial charge in [-0.3, -0.25) is 9.59 Å². The molecule has 1 rings (SSSR count). The first kappa shape index (κ1) is 12.0. The van der Waals surface area contributed by atoms with Gasteiger partial charge in [-0.05, 0) is 17.2 Å². The van der Waals surface area contributed by atoms with Crippen LogP contribution in [0.4, 0.5) is 0 Å². The standard InChI is InChI=1S/C12H13NO3/c1-16-12(15)8-10-4-2-3-9(7-10)5-6-11(13)14/h2-7H,8H2,1H3,(H2,13,14). The number of rotatable bonds is 4. The Labute approximate surface area is 93.7 Å². The quantitative estimate of drug-likeness (QED) is 0.604. The zero-order valence-electron chi connectivity index (χ0n) is 8.97. The van der Waals surface area contributed by atoms with Crippen molar-refractivity contribution in [1.82, 2.24) is 0 Å². The molecule has 0 radical (unpaired) electrons. The molecular weight excluding hydrogens is 206 g/mol. The van der Waals surface area contributed by atoms with Crippen LogP contribution in [0, 0.1) is 0 Å². The van der Waals surface area contributed by atoms with Crippen molar-refractivity contribution in [2.75, 3.05) is 7.11 Å². The van der Waals surface area contributed by atoms with Crippen molar-refractivity contribution in [3.8, 4) is 0 Å². The molecule has 0 aliphatic heterocycles. The molecular formula is C12H13NO3. The van der Waals surface area contributed by atoms with E-state index >= 15 is 0 Å². The predicted molar refractivity (Wildman–Crippen MR) is 60.4 cm³/mol. The fourth-order valence-corrected chi connectivity index (χ4v) is 1.22. The molecule has 0 spiro atoms. The minimum absolute atomic E-state index is 0.217. The van der Waals surface area contributed by atoms with Crippen molar-refractivity contribution in [2.24, 2.45) is 5.73 Å². The molecule has 84 valence electrons. The first-order chi connectivity index (χ1) is 7.61. The van der Waals surface area contributed by atoms with E-state index in [1.165, 1.54) is 13.2 Å². The van der Waals surface area contributed by atoms with Crippen molar-refractivity contribution >= 4 is 18.0 Å². The van der Waals surface area contributed by atoms with Crippen molar-refractivity contribution in [3.63, 3.8) is 0 Å². The van der Waals surface area contributed by atoms with Crippen LogP contribution in [0.1, 0.15) is 11.1 Å². The van der Waals surface area contributed by atoms with Gasteiger partial charge in [-0.2, -0.15) is 0 Å². The minimum Gasteiger partial charge on any atom is -0.469 e. The van der Waals surface area contributed by atoms with E-state index in [1.807, 2.05) is 12.1 Å². The largest absolute Gasteiger partial charge is 0.469 e. The van der Waals surface area contributed by atoms with E-state index in [9.17, 15) is 9.59 Å². The monoisotopic (exact) mass is 219 g/mol. The van der Waals surface area contributed by atoms with Gasteiger partial charge in [0.1, 0.15) is 0 Å². The van der Waals surface area contributed by atoms with Gasteiger partial charge in [0.25, 0.3) is 0 Å². The zero-order chi connectivity index (χ0) is 12.0. The van der Waals surface area contributed by atoms with Crippen LogP contribution in [0.5, 0.6) is 0 Å². The number of primary amides is 1. The average molecular weight is 219 g/mol. The van der Waals surface area contributed by atoms with Gasteiger partial charge >= 0.3 is 5.97 Å². The van der Waals surface area contributed by atoms with E-state index in [0.29, 0.717) is 0 Å². The fourth-order valence-electron chi connectivity index (χ4n) is 1.22. The lowest BCUT2D eigenvalue weighted by atomic mass is 10.1. The Hall–Kier alpha value is -2.10. The Balaban J connectivity index is 2.78. The molecule has 4 heteroatoms. The molecule has 0 aromatic heterocycles. The summed E-state index contributed by atoms with van der Waals surface area (Å²) in [4.78, 5) is 21.6. The van der Waals surface area contributed by atoms with E-state index in [1.54, 1.807) is 18.2 Å². The third-order valence-corrected chi connectivity index (χ3v) is 1.97. The van der Waals surface area contributed by atoms with Gasteiger partial charge < -0.3 is 10.5 Å². The maximum absolute atomic E-state index is 11.0. The van der Waals surface area contributed by atoms with E-state index in [4.69, 9.17) is 5.73 Å². The summed E-state index contributed by atoms with van der Waals surface area (Å²) in [5, 5.41) is 0. The Morgan fingerprint density at radius 1 is 1.44 bits per heavy atom. The molecule has 0 atom stereocenters. The second-order valence-corrected chi connectivity index (χ2v) is 3.23. The molecule has 0 bridgehead atoms. The van der Waals surface area contributed by atoms with E-state index in [0.717, 1.165) is 11.1 Å². The lowest BCUT2D eigenvalue weighted by molar-refractivity contribution is -0.139. The van der Waals surface area contributed by atoms with Gasteiger partial charge in [0, 0.05) is 6.08 Å². The number of carbonyl (C=O) groups is 2. The van der Waals surface area contributed by atoms with Crippen LogP contribution < -0.4 is 5.73 Å². The number of nitrogens with two attached hydrogens (primary N) is 1. The molecule has 1 amide bonds. The summed E-state index contributed by atoms with van der Waals surface area (Å²) in [5.41, 5.74) is 6.63. The van der Waals surface area contributed by atoms with Gasteiger partial charge in [-0.1, -0.05) is 24.3 Å². The highest BCUT2D eigenvalue weighted by molar-refractivity contribution is 5.90. The maximum atomic E-state index is 11.0.